The Morgan fingerprint density at radius 3 is 2.06 bits per heavy atom. The molecule has 1 saturated heterocycles. The van der Waals surface area contributed by atoms with Gasteiger partial charge in [0.25, 0.3) is 11.8 Å². The third-order valence-corrected chi connectivity index (χ3v) is 7.52. The summed E-state index contributed by atoms with van der Waals surface area (Å²) in [5.41, 5.74) is 2.52. The van der Waals surface area contributed by atoms with Gasteiger partial charge in [0, 0.05) is 36.3 Å². The predicted molar refractivity (Wildman–Crippen MR) is 142 cm³/mol. The van der Waals surface area contributed by atoms with Crippen LogP contribution in [-0.4, -0.2) is 47.8 Å². The molecule has 0 bridgehead atoms. The van der Waals surface area contributed by atoms with Crippen molar-refractivity contribution >= 4 is 17.7 Å². The molecular weight excluding hydrogens is 450 g/mol. The Morgan fingerprint density at radius 1 is 0.778 bits per heavy atom. The Kier molecular flexibility index (Phi) is 8.12. The second-order valence-electron chi connectivity index (χ2n) is 11.3. The second kappa shape index (κ2) is 11.3. The van der Waals surface area contributed by atoms with Crippen LogP contribution in [0.15, 0.2) is 54.6 Å². The van der Waals surface area contributed by atoms with Gasteiger partial charge in [-0.3, -0.25) is 14.4 Å². The summed E-state index contributed by atoms with van der Waals surface area (Å²) < 4.78 is 0. The third-order valence-electron chi connectivity index (χ3n) is 7.52. The van der Waals surface area contributed by atoms with E-state index < -0.39 is 0 Å². The molecule has 1 heterocycles. The molecule has 2 aromatic carbocycles. The summed E-state index contributed by atoms with van der Waals surface area (Å²) in [4.78, 5) is 41.0. The van der Waals surface area contributed by atoms with Gasteiger partial charge in [-0.1, -0.05) is 63.9 Å². The number of carbonyl (C=O) groups excluding carboxylic acids is 3. The second-order valence-corrected chi connectivity index (χ2v) is 11.3. The van der Waals surface area contributed by atoms with Crippen molar-refractivity contribution in [1.29, 1.82) is 0 Å². The van der Waals surface area contributed by atoms with Gasteiger partial charge in [0.1, 0.15) is 0 Å². The lowest BCUT2D eigenvalue weighted by atomic mass is 9.86. The molecule has 6 nitrogen and oxygen atoms in total. The van der Waals surface area contributed by atoms with Gasteiger partial charge in [-0.2, -0.15) is 0 Å². The van der Waals surface area contributed by atoms with Crippen LogP contribution in [0.3, 0.4) is 0 Å². The average molecular weight is 490 g/mol. The highest BCUT2D eigenvalue weighted by atomic mass is 16.2. The van der Waals surface area contributed by atoms with Gasteiger partial charge >= 0.3 is 0 Å². The van der Waals surface area contributed by atoms with Gasteiger partial charge in [0.05, 0.1) is 5.92 Å². The van der Waals surface area contributed by atoms with E-state index in [1.54, 1.807) is 12.1 Å². The lowest BCUT2D eigenvalue weighted by Gasteiger charge is -2.36. The van der Waals surface area contributed by atoms with Gasteiger partial charge in [-0.15, -0.1) is 0 Å². The van der Waals surface area contributed by atoms with E-state index in [9.17, 15) is 14.4 Å². The van der Waals surface area contributed by atoms with Crippen molar-refractivity contribution in [3.63, 3.8) is 0 Å². The highest BCUT2D eigenvalue weighted by Gasteiger charge is 2.33. The van der Waals surface area contributed by atoms with E-state index in [4.69, 9.17) is 0 Å². The molecule has 1 aliphatic heterocycles. The number of nitrogens with one attached hydrogen (secondary N) is 2. The average Bonchev–Trinajstić information content (AvgIpc) is 2.89. The van der Waals surface area contributed by atoms with E-state index in [2.05, 4.69) is 31.4 Å². The smallest absolute Gasteiger partial charge is 0.253 e. The molecule has 2 aliphatic rings. The number of hydrogen-bond acceptors (Lipinski definition) is 3. The number of piperidine rings is 1. The SMILES string of the molecule is CC(C)(C)c1ccc(C(=O)N2CCC[C@@H](C(=O)N[C@@H]3CCCC[C@H]3NC(=O)c3ccccc3)C2)cc1. The Labute approximate surface area is 214 Å². The van der Waals surface area contributed by atoms with Crippen LogP contribution in [0, 0.1) is 5.92 Å². The molecule has 2 N–H and O–H groups in total. The topological polar surface area (TPSA) is 78.5 Å². The van der Waals surface area contributed by atoms with Crippen LogP contribution < -0.4 is 10.6 Å². The number of rotatable bonds is 5. The summed E-state index contributed by atoms with van der Waals surface area (Å²) in [5.74, 6) is -0.363. The highest BCUT2D eigenvalue weighted by molar-refractivity contribution is 5.95. The van der Waals surface area contributed by atoms with Crippen LogP contribution >= 0.6 is 0 Å². The van der Waals surface area contributed by atoms with E-state index in [0.717, 1.165) is 38.5 Å². The first-order valence-corrected chi connectivity index (χ1v) is 13.3. The van der Waals surface area contributed by atoms with Gasteiger partial charge in [-0.25, -0.2) is 0 Å². The molecule has 2 aromatic rings. The zero-order valence-corrected chi connectivity index (χ0v) is 21.8. The third kappa shape index (κ3) is 6.34. The monoisotopic (exact) mass is 489 g/mol. The van der Waals surface area contributed by atoms with Gasteiger partial charge in [0.2, 0.25) is 5.91 Å². The number of nitrogens with zero attached hydrogens (tertiary/aromatic N) is 1. The molecule has 6 heteroatoms. The zero-order valence-electron chi connectivity index (χ0n) is 21.8. The molecule has 0 spiro atoms. The predicted octanol–water partition coefficient (Wildman–Crippen LogP) is 4.69. The van der Waals surface area contributed by atoms with Crippen molar-refractivity contribution in [2.45, 2.75) is 76.8 Å². The maximum absolute atomic E-state index is 13.3. The summed E-state index contributed by atoms with van der Waals surface area (Å²) in [6, 6.07) is 16.9. The first kappa shape index (κ1) is 25.9. The summed E-state index contributed by atoms with van der Waals surface area (Å²) in [5, 5.41) is 6.37. The molecule has 3 amide bonds. The largest absolute Gasteiger partial charge is 0.351 e. The molecule has 192 valence electrons. The Hall–Kier alpha value is -3.15. The maximum Gasteiger partial charge on any atom is 0.253 e. The van der Waals surface area contributed by atoms with Crippen molar-refractivity contribution in [2.75, 3.05) is 13.1 Å². The molecule has 4 rings (SSSR count). The van der Waals surface area contributed by atoms with Crippen molar-refractivity contribution in [3.05, 3.63) is 71.3 Å². The van der Waals surface area contributed by atoms with E-state index >= 15 is 0 Å². The highest BCUT2D eigenvalue weighted by Crippen LogP contribution is 2.25. The first-order valence-electron chi connectivity index (χ1n) is 13.3. The lowest BCUT2D eigenvalue weighted by Crippen LogP contribution is -2.55. The number of benzene rings is 2. The molecule has 1 saturated carbocycles. The molecule has 2 fully saturated rings. The van der Waals surface area contributed by atoms with Crippen LogP contribution in [0.5, 0.6) is 0 Å². The van der Waals surface area contributed by atoms with Crippen LogP contribution in [0.1, 0.15) is 85.6 Å². The lowest BCUT2D eigenvalue weighted by molar-refractivity contribution is -0.127. The van der Waals surface area contributed by atoms with Crippen molar-refractivity contribution < 1.29 is 14.4 Å². The van der Waals surface area contributed by atoms with E-state index in [-0.39, 0.29) is 41.1 Å². The maximum atomic E-state index is 13.3. The van der Waals surface area contributed by atoms with Crippen LogP contribution in [0.25, 0.3) is 0 Å². The summed E-state index contributed by atoms with van der Waals surface area (Å²) >= 11 is 0. The van der Waals surface area contributed by atoms with Crippen molar-refractivity contribution in [3.8, 4) is 0 Å². The molecule has 3 atom stereocenters. The minimum Gasteiger partial charge on any atom is -0.351 e. The number of likely N-dealkylation sites (tertiary alicyclic amines) is 1. The van der Waals surface area contributed by atoms with Crippen LogP contribution in [0.2, 0.25) is 0 Å². The molecular formula is C30H39N3O3. The molecule has 36 heavy (non-hydrogen) atoms. The molecule has 0 radical (unpaired) electrons. The Bertz CT molecular complexity index is 1060. The number of hydrogen-bond donors (Lipinski definition) is 2. The van der Waals surface area contributed by atoms with Crippen LogP contribution in [-0.2, 0) is 10.2 Å². The van der Waals surface area contributed by atoms with Crippen LogP contribution in [0.4, 0.5) is 0 Å². The van der Waals surface area contributed by atoms with Gasteiger partial charge in [-0.05, 0) is 60.9 Å². The summed E-state index contributed by atoms with van der Waals surface area (Å²) in [7, 11) is 0. The fraction of sp³-hybridized carbons (Fsp3) is 0.500. The summed E-state index contributed by atoms with van der Waals surface area (Å²) in [6.07, 6.45) is 5.34. The zero-order chi connectivity index (χ0) is 25.7. The minimum atomic E-state index is -0.232. The van der Waals surface area contributed by atoms with E-state index in [1.807, 2.05) is 47.4 Å². The fourth-order valence-electron chi connectivity index (χ4n) is 5.29. The number of amides is 3. The Morgan fingerprint density at radius 2 is 1.42 bits per heavy atom. The fourth-order valence-corrected chi connectivity index (χ4v) is 5.29. The van der Waals surface area contributed by atoms with Gasteiger partial charge < -0.3 is 15.5 Å². The quantitative estimate of drug-likeness (QED) is 0.639. The minimum absolute atomic E-state index is 0.0126. The first-order chi connectivity index (χ1) is 17.2. The normalized spacial score (nSPS) is 22.5. The van der Waals surface area contributed by atoms with Gasteiger partial charge in [0.15, 0.2) is 0 Å². The number of carbonyl (C=O) groups is 3. The summed E-state index contributed by atoms with van der Waals surface area (Å²) in [6.45, 7) is 7.56. The molecule has 0 unspecified atom stereocenters. The van der Waals surface area contributed by atoms with Crippen molar-refractivity contribution in [2.24, 2.45) is 5.92 Å². The van der Waals surface area contributed by atoms with Crippen molar-refractivity contribution in [1.82, 2.24) is 15.5 Å². The van der Waals surface area contributed by atoms with E-state index in [1.165, 1.54) is 5.56 Å². The molecule has 0 aromatic heterocycles. The Balaban J connectivity index is 1.36. The molecule has 1 aliphatic carbocycles. The van der Waals surface area contributed by atoms with E-state index in [0.29, 0.717) is 24.2 Å². The standard InChI is InChI=1S/C30H39N3O3/c1-30(2,3)24-17-15-22(16-18-24)29(36)33-19-9-12-23(20-33)28(35)32-26-14-8-7-13-25(26)31-27(34)21-10-5-4-6-11-21/h4-6,10-11,15-18,23,25-26H,7-9,12-14,19-20H2,1-3H3,(H,31,34)(H,32,35)/t23-,25-,26-/m1/s1.